The fourth-order valence-electron chi connectivity index (χ4n) is 4.64. The minimum atomic E-state index is -0.265. The molecule has 2 aromatic rings. The molecule has 2 saturated heterocycles. The van der Waals surface area contributed by atoms with Gasteiger partial charge in [0.05, 0.1) is 16.7 Å². The number of carbonyl (C=O) groups excluding carboxylic acids is 2. The molecule has 148 valence electrons. The maximum atomic E-state index is 12.5. The van der Waals surface area contributed by atoms with E-state index >= 15 is 0 Å². The van der Waals surface area contributed by atoms with Crippen molar-refractivity contribution in [3.05, 3.63) is 46.4 Å². The summed E-state index contributed by atoms with van der Waals surface area (Å²) in [5.41, 5.74) is 4.64. The number of aromatic nitrogens is 1. The van der Waals surface area contributed by atoms with Gasteiger partial charge in [-0.1, -0.05) is 18.6 Å². The third kappa shape index (κ3) is 4.10. The van der Waals surface area contributed by atoms with Gasteiger partial charge in [-0.2, -0.15) is 0 Å². The van der Waals surface area contributed by atoms with Gasteiger partial charge in [-0.3, -0.25) is 14.5 Å². The Bertz CT molecular complexity index is 854. The first-order chi connectivity index (χ1) is 13.5. The number of carbonyl (C=O) groups is 2. The summed E-state index contributed by atoms with van der Waals surface area (Å²) in [7, 11) is 0. The Hall–Kier alpha value is -2.25. The van der Waals surface area contributed by atoms with Crippen LogP contribution >= 0.6 is 11.3 Å². The highest BCUT2D eigenvalue weighted by molar-refractivity contribution is 7.07. The number of amides is 2. The van der Waals surface area contributed by atoms with Crippen LogP contribution in [0.2, 0.25) is 0 Å². The molecule has 2 aliphatic heterocycles. The van der Waals surface area contributed by atoms with E-state index < -0.39 is 0 Å². The van der Waals surface area contributed by atoms with E-state index in [0.29, 0.717) is 6.42 Å². The number of anilines is 1. The topological polar surface area (TPSA) is 74.3 Å². The smallest absolute Gasteiger partial charge is 0.221 e. The van der Waals surface area contributed by atoms with Gasteiger partial charge in [0.2, 0.25) is 11.8 Å². The van der Waals surface area contributed by atoms with Gasteiger partial charge in [0.15, 0.2) is 0 Å². The van der Waals surface area contributed by atoms with E-state index in [1.54, 1.807) is 11.3 Å². The Morgan fingerprint density at radius 3 is 3.11 bits per heavy atom. The van der Waals surface area contributed by atoms with E-state index in [0.717, 1.165) is 55.8 Å². The van der Waals surface area contributed by atoms with Crippen LogP contribution in [-0.2, 0) is 16.1 Å². The van der Waals surface area contributed by atoms with Crippen molar-refractivity contribution in [1.29, 1.82) is 0 Å². The zero-order valence-electron chi connectivity index (χ0n) is 16.1. The largest absolute Gasteiger partial charge is 0.349 e. The van der Waals surface area contributed by atoms with Crippen LogP contribution in [0.5, 0.6) is 0 Å². The maximum absolute atomic E-state index is 12.5. The molecule has 0 bridgehead atoms. The van der Waals surface area contributed by atoms with E-state index in [1.807, 2.05) is 17.6 Å². The van der Waals surface area contributed by atoms with Crippen molar-refractivity contribution >= 4 is 28.8 Å². The standard InChI is InChI=1S/C21H26N4O2S/c1-15(26)23-17-6-4-5-16(9-17)19-11-25(10-18-12-28-14-22-18)13-21(19)8-3-2-7-20(27)24-21/h4-6,9,12,14,19H,2-3,7-8,10-11,13H2,1H3,(H,23,26)(H,24,27)/t19-,21+/m0/s1. The molecule has 2 aliphatic rings. The van der Waals surface area contributed by atoms with E-state index in [2.05, 4.69) is 38.0 Å². The maximum Gasteiger partial charge on any atom is 0.221 e. The summed E-state index contributed by atoms with van der Waals surface area (Å²) in [4.78, 5) is 30.8. The summed E-state index contributed by atoms with van der Waals surface area (Å²) < 4.78 is 0. The van der Waals surface area contributed by atoms with Crippen molar-refractivity contribution in [2.45, 2.75) is 50.6 Å². The second-order valence-electron chi connectivity index (χ2n) is 7.92. The summed E-state index contributed by atoms with van der Waals surface area (Å²) in [6.07, 6.45) is 3.57. The number of thiazole rings is 1. The zero-order valence-corrected chi connectivity index (χ0v) is 16.9. The van der Waals surface area contributed by atoms with E-state index in [1.165, 1.54) is 6.92 Å². The van der Waals surface area contributed by atoms with E-state index in [9.17, 15) is 9.59 Å². The van der Waals surface area contributed by atoms with Crippen molar-refractivity contribution in [3.8, 4) is 0 Å². The monoisotopic (exact) mass is 398 g/mol. The molecule has 2 fully saturated rings. The number of benzene rings is 1. The van der Waals surface area contributed by atoms with Crippen LogP contribution in [0.15, 0.2) is 35.2 Å². The Labute approximate surface area is 169 Å². The molecule has 0 radical (unpaired) electrons. The van der Waals surface area contributed by atoms with Crippen molar-refractivity contribution in [1.82, 2.24) is 15.2 Å². The lowest BCUT2D eigenvalue weighted by Crippen LogP contribution is -2.52. The lowest BCUT2D eigenvalue weighted by molar-refractivity contribution is -0.122. The molecule has 1 aromatic carbocycles. The number of likely N-dealkylation sites (tertiary alicyclic amines) is 1. The van der Waals surface area contributed by atoms with Gasteiger partial charge < -0.3 is 10.6 Å². The summed E-state index contributed by atoms with van der Waals surface area (Å²) in [5, 5.41) is 8.35. The van der Waals surface area contributed by atoms with E-state index in [-0.39, 0.29) is 23.3 Å². The SMILES string of the molecule is CC(=O)Nc1cccc([C@@H]2CN(Cc3cscn3)C[C@]23CCCCC(=O)N3)c1. The molecule has 6 nitrogen and oxygen atoms in total. The third-order valence-electron chi connectivity index (χ3n) is 5.76. The van der Waals surface area contributed by atoms with Crippen LogP contribution in [0, 0.1) is 0 Å². The predicted octanol–water partition coefficient (Wildman–Crippen LogP) is 3.13. The molecular weight excluding hydrogens is 372 g/mol. The number of hydrogen-bond acceptors (Lipinski definition) is 5. The molecule has 2 atom stereocenters. The number of hydrogen-bond donors (Lipinski definition) is 2. The van der Waals surface area contributed by atoms with Gasteiger partial charge in [-0.25, -0.2) is 4.98 Å². The molecule has 3 heterocycles. The lowest BCUT2D eigenvalue weighted by atomic mass is 9.79. The molecule has 28 heavy (non-hydrogen) atoms. The normalized spacial score (nSPS) is 25.5. The van der Waals surface area contributed by atoms with Crippen LogP contribution in [0.1, 0.15) is 49.8 Å². The van der Waals surface area contributed by atoms with Crippen LogP contribution in [0.25, 0.3) is 0 Å². The van der Waals surface area contributed by atoms with Gasteiger partial charge in [0, 0.05) is 50.0 Å². The minimum Gasteiger partial charge on any atom is -0.349 e. The molecule has 7 heteroatoms. The molecule has 2 N–H and O–H groups in total. The van der Waals surface area contributed by atoms with Crippen molar-refractivity contribution in [3.63, 3.8) is 0 Å². The summed E-state index contributed by atoms with van der Waals surface area (Å²) in [6, 6.07) is 8.06. The minimum absolute atomic E-state index is 0.0776. The van der Waals surface area contributed by atoms with Crippen molar-refractivity contribution < 1.29 is 9.59 Å². The zero-order chi connectivity index (χ0) is 19.6. The van der Waals surface area contributed by atoms with Crippen LogP contribution in [0.4, 0.5) is 5.69 Å². The predicted molar refractivity (Wildman–Crippen MR) is 110 cm³/mol. The average Bonchev–Trinajstić information content (AvgIpc) is 3.22. The Morgan fingerprint density at radius 2 is 2.32 bits per heavy atom. The number of rotatable bonds is 4. The molecule has 0 saturated carbocycles. The summed E-state index contributed by atoms with van der Waals surface area (Å²) >= 11 is 1.61. The van der Waals surface area contributed by atoms with Gasteiger partial charge in [0.1, 0.15) is 0 Å². The Morgan fingerprint density at radius 1 is 1.43 bits per heavy atom. The van der Waals surface area contributed by atoms with Gasteiger partial charge >= 0.3 is 0 Å². The molecule has 0 aliphatic carbocycles. The molecule has 4 rings (SSSR count). The highest BCUT2D eigenvalue weighted by Gasteiger charge is 2.48. The Kier molecular flexibility index (Phi) is 5.46. The Balaban J connectivity index is 1.65. The highest BCUT2D eigenvalue weighted by atomic mass is 32.1. The number of nitrogens with zero attached hydrogens (tertiary/aromatic N) is 2. The molecule has 1 spiro atoms. The first kappa shape index (κ1) is 19.1. The second kappa shape index (κ2) is 8.01. The fraction of sp³-hybridized carbons (Fsp3) is 0.476. The summed E-state index contributed by atoms with van der Waals surface area (Å²) in [5.74, 6) is 0.254. The van der Waals surface area contributed by atoms with Crippen molar-refractivity contribution in [2.24, 2.45) is 0 Å². The number of nitrogens with one attached hydrogen (secondary N) is 2. The van der Waals surface area contributed by atoms with E-state index in [4.69, 9.17) is 0 Å². The van der Waals surface area contributed by atoms with Crippen LogP contribution in [0.3, 0.4) is 0 Å². The summed E-state index contributed by atoms with van der Waals surface area (Å²) in [6.45, 7) is 4.00. The first-order valence-electron chi connectivity index (χ1n) is 9.82. The van der Waals surface area contributed by atoms with Crippen LogP contribution < -0.4 is 10.6 Å². The third-order valence-corrected chi connectivity index (χ3v) is 6.39. The fourth-order valence-corrected chi connectivity index (χ4v) is 5.19. The lowest BCUT2D eigenvalue weighted by Gasteiger charge is -2.35. The van der Waals surface area contributed by atoms with Crippen LogP contribution in [-0.4, -0.2) is 40.3 Å². The van der Waals surface area contributed by atoms with Gasteiger partial charge in [-0.15, -0.1) is 11.3 Å². The quantitative estimate of drug-likeness (QED) is 0.830. The molecule has 0 unspecified atom stereocenters. The van der Waals surface area contributed by atoms with Gasteiger partial charge in [0.25, 0.3) is 0 Å². The van der Waals surface area contributed by atoms with Gasteiger partial charge in [-0.05, 0) is 30.5 Å². The van der Waals surface area contributed by atoms with Crippen molar-refractivity contribution in [2.75, 3.05) is 18.4 Å². The molecular formula is C21H26N4O2S. The molecule has 2 amide bonds. The second-order valence-corrected chi connectivity index (χ2v) is 8.64. The highest BCUT2D eigenvalue weighted by Crippen LogP contribution is 2.42. The molecule has 1 aromatic heterocycles. The first-order valence-corrected chi connectivity index (χ1v) is 10.8. The average molecular weight is 399 g/mol.